The Kier molecular flexibility index (Phi) is 6.13. The highest BCUT2D eigenvalue weighted by Crippen LogP contribution is 2.16. The van der Waals surface area contributed by atoms with Crippen molar-refractivity contribution in [2.75, 3.05) is 13.2 Å². The molecule has 0 bridgehead atoms. The van der Waals surface area contributed by atoms with Crippen molar-refractivity contribution in [2.45, 2.75) is 40.3 Å². The lowest BCUT2D eigenvalue weighted by molar-refractivity contribution is -0.174. The molecule has 0 aromatic heterocycles. The molecule has 0 heterocycles. The highest BCUT2D eigenvalue weighted by molar-refractivity contribution is 6.02. The Labute approximate surface area is 101 Å². The number of hydrogen-bond donors (Lipinski definition) is 0. The Bertz CT molecular complexity index is 246. The van der Waals surface area contributed by atoms with Crippen molar-refractivity contribution in [3.63, 3.8) is 0 Å². The number of ether oxygens (including phenoxy) is 2. The molecular formula is C12H21FO4. The lowest BCUT2D eigenvalue weighted by Gasteiger charge is -2.18. The van der Waals surface area contributed by atoms with Gasteiger partial charge in [-0.25, -0.2) is 14.0 Å². The van der Waals surface area contributed by atoms with Gasteiger partial charge in [0.25, 0.3) is 5.67 Å². The van der Waals surface area contributed by atoms with E-state index in [-0.39, 0.29) is 25.0 Å². The van der Waals surface area contributed by atoms with Gasteiger partial charge in [0, 0.05) is 0 Å². The van der Waals surface area contributed by atoms with Crippen LogP contribution < -0.4 is 0 Å². The van der Waals surface area contributed by atoms with E-state index in [9.17, 15) is 14.0 Å². The molecule has 0 rings (SSSR count). The molecule has 0 N–H and O–H groups in total. The number of rotatable bonds is 6. The first-order valence-electron chi connectivity index (χ1n) is 5.71. The highest BCUT2D eigenvalue weighted by Gasteiger charge is 2.45. The standard InChI is InChI=1S/C12H21FO4/c1-8(2)6-16-10(14)12(5,13)11(15)17-7-9(3)4/h8-9H,6-7H2,1-5H3. The third kappa shape index (κ3) is 5.65. The maximum absolute atomic E-state index is 13.8. The van der Waals surface area contributed by atoms with Crippen LogP contribution in [0.5, 0.6) is 0 Å². The molecule has 0 aromatic carbocycles. The van der Waals surface area contributed by atoms with E-state index >= 15 is 0 Å². The first-order valence-corrected chi connectivity index (χ1v) is 5.71. The zero-order valence-electron chi connectivity index (χ0n) is 11.1. The molecule has 0 fully saturated rings. The van der Waals surface area contributed by atoms with Crippen LogP contribution in [0.1, 0.15) is 34.6 Å². The molecule has 0 atom stereocenters. The van der Waals surface area contributed by atoms with Crippen molar-refractivity contribution in [1.82, 2.24) is 0 Å². The topological polar surface area (TPSA) is 52.6 Å². The quantitative estimate of drug-likeness (QED) is 0.533. The smallest absolute Gasteiger partial charge is 0.355 e. The van der Waals surface area contributed by atoms with Gasteiger partial charge in [0.05, 0.1) is 13.2 Å². The maximum atomic E-state index is 13.8. The lowest BCUT2D eigenvalue weighted by atomic mass is 10.1. The molecule has 5 heteroatoms. The van der Waals surface area contributed by atoms with Crippen molar-refractivity contribution < 1.29 is 23.5 Å². The van der Waals surface area contributed by atoms with Crippen LogP contribution in [-0.4, -0.2) is 30.8 Å². The van der Waals surface area contributed by atoms with E-state index in [1.54, 1.807) is 0 Å². The minimum absolute atomic E-state index is 0.0792. The van der Waals surface area contributed by atoms with Crippen LogP contribution in [0.3, 0.4) is 0 Å². The van der Waals surface area contributed by atoms with Gasteiger partial charge in [-0.15, -0.1) is 0 Å². The molecule has 0 aromatic rings. The van der Waals surface area contributed by atoms with Crippen molar-refractivity contribution in [3.05, 3.63) is 0 Å². The van der Waals surface area contributed by atoms with Gasteiger partial charge in [-0.1, -0.05) is 27.7 Å². The van der Waals surface area contributed by atoms with Crippen LogP contribution in [-0.2, 0) is 19.1 Å². The molecule has 0 amide bonds. The first-order chi connectivity index (χ1) is 7.67. The summed E-state index contributed by atoms with van der Waals surface area (Å²) in [4.78, 5) is 22.7. The second kappa shape index (κ2) is 6.57. The summed E-state index contributed by atoms with van der Waals surface area (Å²) in [7, 11) is 0. The minimum Gasteiger partial charge on any atom is -0.463 e. The van der Waals surface area contributed by atoms with E-state index in [1.807, 2.05) is 27.7 Å². The fourth-order valence-corrected chi connectivity index (χ4v) is 0.839. The number of halogens is 1. The third-order valence-electron chi connectivity index (χ3n) is 1.86. The molecule has 0 unspecified atom stereocenters. The number of carbonyl (C=O) groups excluding carboxylic acids is 2. The van der Waals surface area contributed by atoms with Crippen LogP contribution in [0.25, 0.3) is 0 Å². The Morgan fingerprint density at radius 1 is 1.00 bits per heavy atom. The Morgan fingerprint density at radius 3 is 1.53 bits per heavy atom. The fraction of sp³-hybridized carbons (Fsp3) is 0.833. The van der Waals surface area contributed by atoms with Crippen LogP contribution >= 0.6 is 0 Å². The molecule has 17 heavy (non-hydrogen) atoms. The summed E-state index contributed by atoms with van der Waals surface area (Å²) in [6, 6.07) is 0. The molecule has 4 nitrogen and oxygen atoms in total. The molecule has 0 aliphatic heterocycles. The molecule has 0 saturated heterocycles. The van der Waals surface area contributed by atoms with Crippen LogP contribution in [0.4, 0.5) is 4.39 Å². The summed E-state index contributed by atoms with van der Waals surface area (Å²) in [5, 5.41) is 0. The average Bonchev–Trinajstić information content (AvgIpc) is 2.21. The van der Waals surface area contributed by atoms with E-state index in [2.05, 4.69) is 9.47 Å². The number of alkyl halides is 1. The second-order valence-corrected chi connectivity index (χ2v) is 4.99. The molecule has 100 valence electrons. The van der Waals surface area contributed by atoms with Crippen molar-refractivity contribution in [1.29, 1.82) is 0 Å². The Morgan fingerprint density at radius 2 is 1.29 bits per heavy atom. The summed E-state index contributed by atoms with van der Waals surface area (Å²) in [6.45, 7) is 8.30. The summed E-state index contributed by atoms with van der Waals surface area (Å²) < 4.78 is 23.2. The highest BCUT2D eigenvalue weighted by atomic mass is 19.1. The molecule has 0 saturated carbocycles. The second-order valence-electron chi connectivity index (χ2n) is 4.99. The third-order valence-corrected chi connectivity index (χ3v) is 1.86. The molecule has 0 aliphatic carbocycles. The largest absolute Gasteiger partial charge is 0.463 e. The Balaban J connectivity index is 4.33. The predicted octanol–water partition coefficient (Wildman–Crippen LogP) is 2.11. The SMILES string of the molecule is CC(C)COC(=O)C(C)(F)C(=O)OCC(C)C. The van der Waals surface area contributed by atoms with Crippen molar-refractivity contribution >= 4 is 11.9 Å². The number of hydrogen-bond acceptors (Lipinski definition) is 4. The van der Waals surface area contributed by atoms with E-state index < -0.39 is 17.6 Å². The van der Waals surface area contributed by atoms with E-state index in [4.69, 9.17) is 0 Å². The van der Waals surface area contributed by atoms with Crippen LogP contribution in [0.2, 0.25) is 0 Å². The Hall–Kier alpha value is -1.13. The maximum Gasteiger partial charge on any atom is 0.355 e. The molecule has 0 spiro atoms. The van der Waals surface area contributed by atoms with Gasteiger partial charge in [-0.05, 0) is 18.8 Å². The van der Waals surface area contributed by atoms with Gasteiger partial charge in [0.2, 0.25) is 0 Å². The zero-order chi connectivity index (χ0) is 13.6. The monoisotopic (exact) mass is 248 g/mol. The van der Waals surface area contributed by atoms with Gasteiger partial charge >= 0.3 is 11.9 Å². The normalized spacial score (nSPS) is 11.8. The minimum atomic E-state index is -2.73. The van der Waals surface area contributed by atoms with Gasteiger partial charge in [0.1, 0.15) is 0 Å². The average molecular weight is 248 g/mol. The van der Waals surface area contributed by atoms with Gasteiger partial charge in [-0.3, -0.25) is 0 Å². The number of esters is 2. The fourth-order valence-electron chi connectivity index (χ4n) is 0.839. The molecule has 0 radical (unpaired) electrons. The van der Waals surface area contributed by atoms with Crippen LogP contribution in [0.15, 0.2) is 0 Å². The predicted molar refractivity (Wildman–Crippen MR) is 61.1 cm³/mol. The van der Waals surface area contributed by atoms with Gasteiger partial charge in [-0.2, -0.15) is 0 Å². The lowest BCUT2D eigenvalue weighted by Crippen LogP contribution is -2.42. The molecular weight excluding hydrogens is 227 g/mol. The number of carbonyl (C=O) groups is 2. The van der Waals surface area contributed by atoms with E-state index in [0.29, 0.717) is 0 Å². The summed E-state index contributed by atoms with van der Waals surface area (Å²) in [6.07, 6.45) is 0. The first kappa shape index (κ1) is 15.9. The summed E-state index contributed by atoms with van der Waals surface area (Å²) >= 11 is 0. The van der Waals surface area contributed by atoms with Gasteiger partial charge < -0.3 is 9.47 Å². The molecule has 0 aliphatic rings. The van der Waals surface area contributed by atoms with Crippen molar-refractivity contribution in [3.8, 4) is 0 Å². The van der Waals surface area contributed by atoms with Crippen molar-refractivity contribution in [2.24, 2.45) is 11.8 Å². The van der Waals surface area contributed by atoms with Crippen LogP contribution in [0, 0.1) is 11.8 Å². The summed E-state index contributed by atoms with van der Waals surface area (Å²) in [5.74, 6) is -2.22. The van der Waals surface area contributed by atoms with E-state index in [1.165, 1.54) is 0 Å². The zero-order valence-corrected chi connectivity index (χ0v) is 11.1. The van der Waals surface area contributed by atoms with E-state index in [0.717, 1.165) is 6.92 Å². The van der Waals surface area contributed by atoms with Gasteiger partial charge in [0.15, 0.2) is 0 Å². The summed E-state index contributed by atoms with van der Waals surface area (Å²) in [5.41, 5.74) is -2.73.